The van der Waals surface area contributed by atoms with Gasteiger partial charge in [0, 0.05) is 32.1 Å². The molecule has 2 rings (SSSR count). The first-order valence-electron chi connectivity index (χ1n) is 8.70. The van der Waals surface area contributed by atoms with E-state index >= 15 is 0 Å². The molecule has 1 saturated heterocycles. The van der Waals surface area contributed by atoms with Crippen LogP contribution in [0.4, 0.5) is 4.79 Å². The van der Waals surface area contributed by atoms with Crippen molar-refractivity contribution < 1.29 is 19.1 Å². The van der Waals surface area contributed by atoms with Gasteiger partial charge in [-0.3, -0.25) is 9.78 Å². The van der Waals surface area contributed by atoms with E-state index in [0.717, 1.165) is 25.8 Å². The minimum Gasteiger partial charge on any atom is -0.444 e. The number of ether oxygens (including phenoxy) is 2. The van der Waals surface area contributed by atoms with Gasteiger partial charge in [0.25, 0.3) is 0 Å². The number of carbonyl (C=O) groups excluding carboxylic acids is 2. The molecule has 0 bridgehead atoms. The van der Waals surface area contributed by atoms with E-state index in [2.05, 4.69) is 9.97 Å². The Bertz CT molecular complexity index is 571. The maximum absolute atomic E-state index is 12.2. The monoisotopic (exact) mass is 349 g/mol. The Morgan fingerprint density at radius 3 is 2.80 bits per heavy atom. The maximum Gasteiger partial charge on any atom is 0.410 e. The molecule has 1 aliphatic heterocycles. The van der Waals surface area contributed by atoms with E-state index in [-0.39, 0.29) is 18.5 Å². The van der Waals surface area contributed by atoms with Crippen molar-refractivity contribution in [2.45, 2.75) is 45.6 Å². The fourth-order valence-electron chi connectivity index (χ4n) is 2.72. The van der Waals surface area contributed by atoms with Crippen LogP contribution in [0.5, 0.6) is 0 Å². The highest BCUT2D eigenvalue weighted by molar-refractivity contribution is 5.94. The predicted octanol–water partition coefficient (Wildman–Crippen LogP) is 2.71. The number of ketones is 1. The highest BCUT2D eigenvalue weighted by Gasteiger charge is 2.27. The second kappa shape index (κ2) is 8.89. The number of carbonyl (C=O) groups is 2. The average molecular weight is 349 g/mol. The van der Waals surface area contributed by atoms with E-state index in [4.69, 9.17) is 9.47 Å². The van der Waals surface area contributed by atoms with Crippen LogP contribution in [0, 0.1) is 5.92 Å². The van der Waals surface area contributed by atoms with Crippen molar-refractivity contribution in [2.75, 3.05) is 26.3 Å². The first kappa shape index (κ1) is 19.3. The van der Waals surface area contributed by atoms with E-state index in [1.54, 1.807) is 4.90 Å². The Morgan fingerprint density at radius 2 is 2.12 bits per heavy atom. The Hall–Kier alpha value is -2.02. The molecule has 1 aliphatic rings. The summed E-state index contributed by atoms with van der Waals surface area (Å²) in [7, 11) is 0. The number of likely N-dealkylation sites (tertiary alicyclic amines) is 1. The van der Waals surface area contributed by atoms with Gasteiger partial charge in [0.05, 0.1) is 6.20 Å². The molecule has 0 unspecified atom stereocenters. The molecule has 7 heteroatoms. The van der Waals surface area contributed by atoms with Crippen molar-refractivity contribution in [3.05, 3.63) is 24.3 Å². The van der Waals surface area contributed by atoms with Crippen LogP contribution >= 0.6 is 0 Å². The molecule has 25 heavy (non-hydrogen) atoms. The number of nitrogens with zero attached hydrogens (tertiary/aromatic N) is 3. The first-order chi connectivity index (χ1) is 11.8. The summed E-state index contributed by atoms with van der Waals surface area (Å²) in [5.41, 5.74) is -0.162. The second-order valence-corrected chi connectivity index (χ2v) is 7.29. The quantitative estimate of drug-likeness (QED) is 0.580. The van der Waals surface area contributed by atoms with Crippen LogP contribution in [-0.4, -0.2) is 58.6 Å². The van der Waals surface area contributed by atoms with E-state index in [0.29, 0.717) is 24.8 Å². The van der Waals surface area contributed by atoms with Crippen molar-refractivity contribution in [3.8, 4) is 0 Å². The summed E-state index contributed by atoms with van der Waals surface area (Å²) in [5, 5.41) is 0. The largest absolute Gasteiger partial charge is 0.444 e. The smallest absolute Gasteiger partial charge is 0.410 e. The number of Topliss-reactive ketones (excluding diaryl/α,β-unsaturated/α-hetero) is 1. The summed E-state index contributed by atoms with van der Waals surface area (Å²) in [5.74, 6) is 0.194. The minimum absolute atomic E-state index is 0.00118. The molecule has 138 valence electrons. The number of amides is 1. The Kier molecular flexibility index (Phi) is 6.87. The molecule has 0 radical (unpaired) electrons. The zero-order chi connectivity index (χ0) is 18.3. The van der Waals surface area contributed by atoms with Gasteiger partial charge in [0.2, 0.25) is 5.78 Å². The van der Waals surface area contributed by atoms with E-state index in [1.165, 1.54) is 18.6 Å². The molecule has 2 heterocycles. The van der Waals surface area contributed by atoms with Crippen LogP contribution in [0.25, 0.3) is 0 Å². The summed E-state index contributed by atoms with van der Waals surface area (Å²) in [6, 6.07) is 0. The van der Waals surface area contributed by atoms with Crippen LogP contribution in [0.15, 0.2) is 18.6 Å². The normalized spacial score (nSPS) is 18.0. The molecule has 1 amide bonds. The highest BCUT2D eigenvalue weighted by Crippen LogP contribution is 2.21. The summed E-state index contributed by atoms with van der Waals surface area (Å²) >= 11 is 0. The van der Waals surface area contributed by atoms with E-state index in [9.17, 15) is 9.59 Å². The molecule has 1 aromatic rings. The van der Waals surface area contributed by atoms with Crippen LogP contribution in [0.1, 0.15) is 50.5 Å². The lowest BCUT2D eigenvalue weighted by atomic mass is 9.95. The summed E-state index contributed by atoms with van der Waals surface area (Å²) < 4.78 is 10.9. The van der Waals surface area contributed by atoms with Gasteiger partial charge in [0.15, 0.2) is 0 Å². The molecule has 0 aromatic carbocycles. The lowest BCUT2D eigenvalue weighted by molar-refractivity contribution is 0.0141. The van der Waals surface area contributed by atoms with Crippen molar-refractivity contribution >= 4 is 11.9 Å². The zero-order valence-corrected chi connectivity index (χ0v) is 15.2. The lowest BCUT2D eigenvalue weighted by Crippen LogP contribution is -2.43. The van der Waals surface area contributed by atoms with E-state index in [1.807, 2.05) is 20.8 Å². The molecule has 0 saturated carbocycles. The minimum atomic E-state index is -0.478. The van der Waals surface area contributed by atoms with Crippen LogP contribution in [-0.2, 0) is 9.47 Å². The van der Waals surface area contributed by atoms with Gasteiger partial charge in [-0.1, -0.05) is 0 Å². The third-order valence-corrected chi connectivity index (χ3v) is 3.92. The van der Waals surface area contributed by atoms with Crippen molar-refractivity contribution in [1.82, 2.24) is 14.9 Å². The fourth-order valence-corrected chi connectivity index (χ4v) is 2.72. The molecule has 1 atom stereocenters. The van der Waals surface area contributed by atoms with Gasteiger partial charge in [0.1, 0.15) is 17.9 Å². The highest BCUT2D eigenvalue weighted by atomic mass is 16.6. The van der Waals surface area contributed by atoms with Crippen molar-refractivity contribution in [2.24, 2.45) is 5.92 Å². The van der Waals surface area contributed by atoms with Gasteiger partial charge < -0.3 is 14.4 Å². The lowest BCUT2D eigenvalue weighted by Gasteiger charge is -2.34. The number of piperidine rings is 1. The fraction of sp³-hybridized carbons (Fsp3) is 0.667. The molecular weight excluding hydrogens is 322 g/mol. The maximum atomic E-state index is 12.2. The van der Waals surface area contributed by atoms with Crippen LogP contribution in [0.2, 0.25) is 0 Å². The second-order valence-electron chi connectivity index (χ2n) is 7.29. The SMILES string of the molecule is CC(C)(C)OC(=O)N1CCC[C@@H](CCOCC(=O)c2cnccn2)C1. The van der Waals surface area contributed by atoms with Gasteiger partial charge in [-0.05, 0) is 46.0 Å². The van der Waals surface area contributed by atoms with Crippen LogP contribution in [0.3, 0.4) is 0 Å². The van der Waals surface area contributed by atoms with Gasteiger partial charge in [-0.25, -0.2) is 9.78 Å². The Morgan fingerprint density at radius 1 is 1.32 bits per heavy atom. The molecule has 0 spiro atoms. The van der Waals surface area contributed by atoms with Crippen molar-refractivity contribution in [3.63, 3.8) is 0 Å². The molecule has 1 fully saturated rings. The van der Waals surface area contributed by atoms with E-state index < -0.39 is 5.60 Å². The Labute approximate surface area is 148 Å². The number of aromatic nitrogens is 2. The topological polar surface area (TPSA) is 81.6 Å². The van der Waals surface area contributed by atoms with Gasteiger partial charge in [-0.15, -0.1) is 0 Å². The average Bonchev–Trinajstić information content (AvgIpc) is 2.58. The molecule has 0 aliphatic carbocycles. The third kappa shape index (κ3) is 6.78. The van der Waals surface area contributed by atoms with Crippen molar-refractivity contribution in [1.29, 1.82) is 0 Å². The third-order valence-electron chi connectivity index (χ3n) is 3.92. The van der Waals surface area contributed by atoms with Crippen LogP contribution < -0.4 is 0 Å². The summed E-state index contributed by atoms with van der Waals surface area (Å²) in [4.78, 5) is 33.6. The summed E-state index contributed by atoms with van der Waals surface area (Å²) in [6.45, 7) is 7.50. The number of hydrogen-bond donors (Lipinski definition) is 0. The molecule has 0 N–H and O–H groups in total. The standard InChI is InChI=1S/C18H27N3O4/c1-18(2,3)25-17(23)21-9-4-5-14(12-21)6-10-24-13-16(22)15-11-19-7-8-20-15/h7-8,11,14H,4-6,9-10,12-13H2,1-3H3/t14-/m0/s1. The first-order valence-corrected chi connectivity index (χ1v) is 8.70. The molecule has 7 nitrogen and oxygen atoms in total. The number of rotatable bonds is 6. The predicted molar refractivity (Wildman–Crippen MR) is 92.3 cm³/mol. The van der Waals surface area contributed by atoms with Gasteiger partial charge >= 0.3 is 6.09 Å². The zero-order valence-electron chi connectivity index (χ0n) is 15.2. The molecule has 1 aromatic heterocycles. The van der Waals surface area contributed by atoms with Gasteiger partial charge in [-0.2, -0.15) is 0 Å². The number of hydrogen-bond acceptors (Lipinski definition) is 6. The molecular formula is C18H27N3O4. The Balaban J connectivity index is 1.69. The summed E-state index contributed by atoms with van der Waals surface area (Å²) in [6.07, 6.45) is 7.02.